The minimum absolute atomic E-state index is 0.302. The monoisotopic (exact) mass is 453 g/mol. The van der Waals surface area contributed by atoms with Gasteiger partial charge < -0.3 is 19.4 Å². The molecule has 3 rings (SSSR count). The van der Waals surface area contributed by atoms with Crippen molar-refractivity contribution >= 4 is 16.8 Å². The molecule has 1 aromatic heterocycles. The minimum Gasteiger partial charge on any atom is -0.490 e. The molecule has 0 spiro atoms. The van der Waals surface area contributed by atoms with Gasteiger partial charge >= 0.3 is 5.69 Å². The van der Waals surface area contributed by atoms with Gasteiger partial charge in [0, 0.05) is 13.1 Å². The molecule has 0 atom stereocenters. The van der Waals surface area contributed by atoms with Gasteiger partial charge in [-0.15, -0.1) is 0 Å². The topological polar surface area (TPSA) is 93.6 Å². The number of ether oxygens (including phenoxy) is 2. The number of nitrogens with zero attached hydrogens (tertiary/aromatic N) is 2. The van der Waals surface area contributed by atoms with Crippen molar-refractivity contribution in [2.75, 3.05) is 19.8 Å². The molecule has 0 saturated carbocycles. The number of rotatable bonds is 11. The molecule has 8 heteroatoms. The fraction of sp³-hybridized carbons (Fsp3) is 0.400. The average Bonchev–Trinajstić information content (AvgIpc) is 2.81. The summed E-state index contributed by atoms with van der Waals surface area (Å²) in [5.41, 5.74) is 0.258. The Hall–Kier alpha value is -3.55. The molecule has 0 aliphatic rings. The van der Waals surface area contributed by atoms with Crippen molar-refractivity contribution in [2.24, 2.45) is 0 Å². The van der Waals surface area contributed by atoms with Crippen molar-refractivity contribution < 1.29 is 14.3 Å². The SMILES string of the molecule is CCCOc1ccc(CN(CCC)C(=O)Cn2c(=O)[nH]c3ccccc3c2=O)cc1OCC. The van der Waals surface area contributed by atoms with Crippen LogP contribution in [-0.4, -0.2) is 40.1 Å². The minimum atomic E-state index is -0.598. The number of para-hydroxylation sites is 1. The van der Waals surface area contributed by atoms with Crippen LogP contribution in [0, 0.1) is 0 Å². The summed E-state index contributed by atoms with van der Waals surface area (Å²) in [6, 6.07) is 12.4. The number of fused-ring (bicyclic) bond motifs is 1. The standard InChI is InChI=1S/C25H31N3O5/c1-4-13-27(16-18-11-12-21(33-14-5-2)22(15-18)32-6-3)23(29)17-28-24(30)19-9-7-8-10-20(19)26-25(28)31/h7-12,15H,4-6,13-14,16-17H2,1-3H3,(H,26,31). The molecule has 3 aromatic rings. The number of carbonyl (C=O) groups excluding carboxylic acids is 1. The van der Waals surface area contributed by atoms with Gasteiger partial charge in [0.05, 0.1) is 24.1 Å². The van der Waals surface area contributed by atoms with Crippen LogP contribution in [0.5, 0.6) is 11.5 Å². The molecule has 1 heterocycles. The van der Waals surface area contributed by atoms with Crippen LogP contribution in [0.2, 0.25) is 0 Å². The number of amides is 1. The van der Waals surface area contributed by atoms with E-state index in [0.29, 0.717) is 48.7 Å². The summed E-state index contributed by atoms with van der Waals surface area (Å²) in [6.45, 7) is 7.51. The summed E-state index contributed by atoms with van der Waals surface area (Å²) in [5, 5.41) is 0.371. The summed E-state index contributed by atoms with van der Waals surface area (Å²) in [6.07, 6.45) is 1.63. The summed E-state index contributed by atoms with van der Waals surface area (Å²) < 4.78 is 12.4. The van der Waals surface area contributed by atoms with Crippen molar-refractivity contribution in [2.45, 2.75) is 46.7 Å². The predicted octanol–water partition coefficient (Wildman–Crippen LogP) is 3.32. The number of H-pyrrole nitrogens is 1. The number of benzene rings is 2. The van der Waals surface area contributed by atoms with Gasteiger partial charge in [0.15, 0.2) is 11.5 Å². The first-order valence-corrected chi connectivity index (χ1v) is 11.4. The molecule has 0 saturated heterocycles. The van der Waals surface area contributed by atoms with E-state index in [1.165, 1.54) is 0 Å². The van der Waals surface area contributed by atoms with Crippen LogP contribution in [0.3, 0.4) is 0 Å². The van der Waals surface area contributed by atoms with Crippen molar-refractivity contribution in [1.82, 2.24) is 14.5 Å². The maximum Gasteiger partial charge on any atom is 0.329 e. The third-order valence-corrected chi connectivity index (χ3v) is 5.17. The lowest BCUT2D eigenvalue weighted by atomic mass is 10.1. The molecule has 1 N–H and O–H groups in total. The molecule has 1 amide bonds. The van der Waals surface area contributed by atoms with Crippen LogP contribution in [0.25, 0.3) is 10.9 Å². The molecule has 176 valence electrons. The maximum atomic E-state index is 13.1. The van der Waals surface area contributed by atoms with Gasteiger partial charge in [-0.3, -0.25) is 14.2 Å². The van der Waals surface area contributed by atoms with Gasteiger partial charge in [-0.05, 0) is 49.6 Å². The van der Waals surface area contributed by atoms with Crippen LogP contribution < -0.4 is 20.7 Å². The molecule has 2 aromatic carbocycles. The first kappa shape index (κ1) is 24.1. The Morgan fingerprint density at radius 3 is 2.52 bits per heavy atom. The Bertz CT molecular complexity index is 1210. The number of aromatic nitrogens is 2. The molecule has 8 nitrogen and oxygen atoms in total. The third-order valence-electron chi connectivity index (χ3n) is 5.17. The quantitative estimate of drug-likeness (QED) is 0.481. The van der Waals surface area contributed by atoms with E-state index in [1.807, 2.05) is 39.0 Å². The second-order valence-corrected chi connectivity index (χ2v) is 7.74. The van der Waals surface area contributed by atoms with E-state index in [0.717, 1.165) is 23.0 Å². The number of aromatic amines is 1. The zero-order chi connectivity index (χ0) is 23.8. The molecule has 0 radical (unpaired) electrons. The van der Waals surface area contributed by atoms with Crippen molar-refractivity contribution in [3.8, 4) is 11.5 Å². The van der Waals surface area contributed by atoms with E-state index in [1.54, 1.807) is 29.2 Å². The predicted molar refractivity (Wildman–Crippen MR) is 128 cm³/mol. The van der Waals surface area contributed by atoms with E-state index in [-0.39, 0.29) is 12.5 Å². The Morgan fingerprint density at radius 1 is 1.00 bits per heavy atom. The van der Waals surface area contributed by atoms with Gasteiger partial charge in [0.1, 0.15) is 6.54 Å². The van der Waals surface area contributed by atoms with E-state index in [2.05, 4.69) is 4.98 Å². The zero-order valence-electron chi connectivity index (χ0n) is 19.4. The van der Waals surface area contributed by atoms with Crippen LogP contribution in [0.4, 0.5) is 0 Å². The zero-order valence-corrected chi connectivity index (χ0v) is 19.4. The highest BCUT2D eigenvalue weighted by molar-refractivity contribution is 5.79. The van der Waals surface area contributed by atoms with Gasteiger partial charge in [-0.2, -0.15) is 0 Å². The summed E-state index contributed by atoms with van der Waals surface area (Å²) in [5.74, 6) is 1.00. The smallest absolute Gasteiger partial charge is 0.329 e. The van der Waals surface area contributed by atoms with Gasteiger partial charge in [-0.25, -0.2) is 4.79 Å². The second-order valence-electron chi connectivity index (χ2n) is 7.74. The number of hydrogen-bond donors (Lipinski definition) is 1. The normalized spacial score (nSPS) is 10.9. The Labute approximate surface area is 192 Å². The fourth-order valence-electron chi connectivity index (χ4n) is 3.61. The van der Waals surface area contributed by atoms with Gasteiger partial charge in [0.25, 0.3) is 5.56 Å². The Morgan fingerprint density at radius 2 is 1.79 bits per heavy atom. The van der Waals surface area contributed by atoms with Gasteiger partial charge in [-0.1, -0.05) is 32.0 Å². The Kier molecular flexibility index (Phi) is 8.29. The lowest BCUT2D eigenvalue weighted by molar-refractivity contribution is -0.132. The van der Waals surface area contributed by atoms with E-state index >= 15 is 0 Å². The van der Waals surface area contributed by atoms with Gasteiger partial charge in [0.2, 0.25) is 5.91 Å². The first-order valence-electron chi connectivity index (χ1n) is 11.4. The first-order chi connectivity index (χ1) is 16.0. The number of nitrogens with one attached hydrogen (secondary N) is 1. The highest BCUT2D eigenvalue weighted by Gasteiger charge is 2.18. The molecule has 0 fully saturated rings. The Balaban J connectivity index is 1.84. The van der Waals surface area contributed by atoms with E-state index < -0.39 is 11.2 Å². The molecule has 0 unspecified atom stereocenters. The van der Waals surface area contributed by atoms with Crippen LogP contribution in [-0.2, 0) is 17.9 Å². The van der Waals surface area contributed by atoms with Crippen LogP contribution >= 0.6 is 0 Å². The lowest BCUT2D eigenvalue weighted by Crippen LogP contribution is -2.42. The second kappa shape index (κ2) is 11.4. The summed E-state index contributed by atoms with van der Waals surface area (Å²) in [7, 11) is 0. The summed E-state index contributed by atoms with van der Waals surface area (Å²) in [4.78, 5) is 42.7. The van der Waals surface area contributed by atoms with Crippen LogP contribution in [0.15, 0.2) is 52.1 Å². The molecule has 33 heavy (non-hydrogen) atoms. The van der Waals surface area contributed by atoms with E-state index in [9.17, 15) is 14.4 Å². The molecular weight excluding hydrogens is 422 g/mol. The summed E-state index contributed by atoms with van der Waals surface area (Å²) >= 11 is 0. The molecule has 0 aliphatic carbocycles. The van der Waals surface area contributed by atoms with Crippen molar-refractivity contribution in [3.05, 3.63) is 68.9 Å². The van der Waals surface area contributed by atoms with Crippen LogP contribution in [0.1, 0.15) is 39.2 Å². The number of carbonyl (C=O) groups is 1. The largest absolute Gasteiger partial charge is 0.490 e. The van der Waals surface area contributed by atoms with Crippen molar-refractivity contribution in [1.29, 1.82) is 0 Å². The molecule has 0 bridgehead atoms. The average molecular weight is 454 g/mol. The highest BCUT2D eigenvalue weighted by atomic mass is 16.5. The van der Waals surface area contributed by atoms with E-state index in [4.69, 9.17) is 9.47 Å². The highest BCUT2D eigenvalue weighted by Crippen LogP contribution is 2.29. The third kappa shape index (κ3) is 5.83. The van der Waals surface area contributed by atoms with Crippen molar-refractivity contribution in [3.63, 3.8) is 0 Å². The molecule has 0 aliphatic heterocycles. The fourth-order valence-corrected chi connectivity index (χ4v) is 3.61. The molecular formula is C25H31N3O5. The maximum absolute atomic E-state index is 13.1. The lowest BCUT2D eigenvalue weighted by Gasteiger charge is -2.23. The number of hydrogen-bond acceptors (Lipinski definition) is 5.